The molecule has 1 aliphatic carbocycles. The monoisotopic (exact) mass is 193 g/mol. The zero-order valence-corrected chi connectivity index (χ0v) is 7.64. The van der Waals surface area contributed by atoms with Crippen LogP contribution in [0.1, 0.15) is 24.0 Å². The first kappa shape index (κ1) is 9.15. The molecule has 0 bridgehead atoms. The van der Waals surface area contributed by atoms with Crippen LogP contribution in [0.15, 0.2) is 18.5 Å². The summed E-state index contributed by atoms with van der Waals surface area (Å²) >= 11 is 0. The Morgan fingerprint density at radius 2 is 2.50 bits per heavy atom. The van der Waals surface area contributed by atoms with Crippen LogP contribution in [0.3, 0.4) is 0 Å². The molecule has 74 valence electrons. The zero-order chi connectivity index (χ0) is 10.0. The Morgan fingerprint density at radius 1 is 1.64 bits per heavy atom. The number of ether oxygens (including phenoxy) is 1. The van der Waals surface area contributed by atoms with Crippen LogP contribution in [0.25, 0.3) is 0 Å². The van der Waals surface area contributed by atoms with Crippen molar-refractivity contribution in [2.24, 2.45) is 0 Å². The summed E-state index contributed by atoms with van der Waals surface area (Å²) in [6, 6.07) is 1.69. The molecule has 1 heterocycles. The average Bonchev–Trinajstić information content (AvgIpc) is 2.19. The van der Waals surface area contributed by atoms with E-state index in [-0.39, 0.29) is 6.47 Å². The van der Waals surface area contributed by atoms with Crippen LogP contribution >= 0.6 is 0 Å². The molecule has 2 rings (SSSR count). The Labute approximate surface area is 81.5 Å². The number of pyridine rings is 1. The van der Waals surface area contributed by atoms with Crippen molar-refractivity contribution < 1.29 is 14.6 Å². The number of aromatic nitrogens is 1. The van der Waals surface area contributed by atoms with Crippen molar-refractivity contribution in [2.45, 2.75) is 25.0 Å². The summed E-state index contributed by atoms with van der Waals surface area (Å²) in [4.78, 5) is 14.3. The highest BCUT2D eigenvalue weighted by atomic mass is 16.6. The molecule has 14 heavy (non-hydrogen) atoms. The standard InChI is InChI=1S/C10H11NO3/c12-7-14-10(13)4-1-2-8-6-11-5-3-9(8)10/h3,5-7,13H,1-2,4H2. The van der Waals surface area contributed by atoms with Gasteiger partial charge in [-0.05, 0) is 24.5 Å². The van der Waals surface area contributed by atoms with Gasteiger partial charge >= 0.3 is 0 Å². The van der Waals surface area contributed by atoms with Crippen molar-refractivity contribution in [1.29, 1.82) is 0 Å². The second kappa shape index (κ2) is 3.38. The van der Waals surface area contributed by atoms with E-state index in [2.05, 4.69) is 4.98 Å². The quantitative estimate of drug-likeness (QED) is 0.555. The van der Waals surface area contributed by atoms with Crippen molar-refractivity contribution in [3.8, 4) is 0 Å². The molecule has 0 aromatic carbocycles. The fourth-order valence-electron chi connectivity index (χ4n) is 1.86. The van der Waals surface area contributed by atoms with Gasteiger partial charge in [0.25, 0.3) is 6.47 Å². The summed E-state index contributed by atoms with van der Waals surface area (Å²) in [6.45, 7) is 0.287. The second-order valence-corrected chi connectivity index (χ2v) is 3.38. The minimum Gasteiger partial charge on any atom is -0.431 e. The van der Waals surface area contributed by atoms with Crippen LogP contribution in [-0.2, 0) is 21.7 Å². The maximum Gasteiger partial charge on any atom is 0.295 e. The van der Waals surface area contributed by atoms with Crippen molar-refractivity contribution in [3.05, 3.63) is 29.6 Å². The molecule has 0 aliphatic heterocycles. The Balaban J connectivity index is 2.44. The van der Waals surface area contributed by atoms with E-state index in [1.807, 2.05) is 0 Å². The number of nitrogens with zero attached hydrogens (tertiary/aromatic N) is 1. The van der Waals surface area contributed by atoms with Gasteiger partial charge in [-0.3, -0.25) is 9.78 Å². The maximum atomic E-state index is 10.3. The average molecular weight is 193 g/mol. The van der Waals surface area contributed by atoms with Crippen LogP contribution in [-0.4, -0.2) is 16.6 Å². The Hall–Kier alpha value is -1.42. The lowest BCUT2D eigenvalue weighted by Gasteiger charge is -2.31. The van der Waals surface area contributed by atoms with Gasteiger partial charge in [0.05, 0.1) is 0 Å². The lowest BCUT2D eigenvalue weighted by Crippen LogP contribution is -2.33. The molecule has 4 nitrogen and oxygen atoms in total. The highest BCUT2D eigenvalue weighted by molar-refractivity contribution is 5.41. The third-order valence-corrected chi connectivity index (χ3v) is 2.53. The van der Waals surface area contributed by atoms with Crippen molar-refractivity contribution in [1.82, 2.24) is 4.98 Å². The first-order valence-corrected chi connectivity index (χ1v) is 4.53. The number of aryl methyl sites for hydroxylation is 1. The van der Waals surface area contributed by atoms with Gasteiger partial charge in [0.2, 0.25) is 5.79 Å². The van der Waals surface area contributed by atoms with Gasteiger partial charge in [-0.25, -0.2) is 0 Å². The highest BCUT2D eigenvalue weighted by Crippen LogP contribution is 2.34. The number of carbonyl (C=O) groups excluding carboxylic acids is 1. The molecule has 4 heteroatoms. The zero-order valence-electron chi connectivity index (χ0n) is 7.64. The Bertz CT molecular complexity index is 353. The molecule has 0 radical (unpaired) electrons. The lowest BCUT2D eigenvalue weighted by atomic mass is 9.88. The van der Waals surface area contributed by atoms with Gasteiger partial charge in [0.1, 0.15) is 0 Å². The van der Waals surface area contributed by atoms with Gasteiger partial charge in [-0.1, -0.05) is 0 Å². The van der Waals surface area contributed by atoms with Gasteiger partial charge in [0.15, 0.2) is 0 Å². The third kappa shape index (κ3) is 1.37. The molecule has 0 saturated heterocycles. The summed E-state index contributed by atoms with van der Waals surface area (Å²) in [5.74, 6) is -1.45. The molecular formula is C10H11NO3. The fourth-order valence-corrected chi connectivity index (χ4v) is 1.86. The Kier molecular flexibility index (Phi) is 2.21. The van der Waals surface area contributed by atoms with E-state index in [4.69, 9.17) is 4.74 Å². The molecule has 1 aromatic rings. The van der Waals surface area contributed by atoms with Crippen LogP contribution in [0.2, 0.25) is 0 Å². The minimum absolute atomic E-state index is 0.287. The number of aliphatic hydroxyl groups is 1. The predicted octanol–water partition coefficient (Wildman–Crippen LogP) is 0.736. The van der Waals surface area contributed by atoms with E-state index >= 15 is 0 Å². The summed E-state index contributed by atoms with van der Waals surface area (Å²) in [5, 5.41) is 10.0. The molecule has 1 aromatic heterocycles. The number of hydrogen-bond donors (Lipinski definition) is 1. The SMILES string of the molecule is O=COC1(O)CCCc2cnccc21. The molecule has 1 N–H and O–H groups in total. The van der Waals surface area contributed by atoms with Crippen LogP contribution < -0.4 is 0 Å². The summed E-state index contributed by atoms with van der Waals surface area (Å²) in [5.41, 5.74) is 1.61. The topological polar surface area (TPSA) is 59.4 Å². The number of rotatable bonds is 2. The third-order valence-electron chi connectivity index (χ3n) is 2.53. The van der Waals surface area contributed by atoms with Crippen LogP contribution in [0.4, 0.5) is 0 Å². The molecule has 0 fully saturated rings. The molecular weight excluding hydrogens is 182 g/mol. The summed E-state index contributed by atoms with van der Waals surface area (Å²) < 4.78 is 4.74. The van der Waals surface area contributed by atoms with Crippen LogP contribution in [0, 0.1) is 0 Å². The predicted molar refractivity (Wildman–Crippen MR) is 48.2 cm³/mol. The van der Waals surface area contributed by atoms with Crippen LogP contribution in [0.5, 0.6) is 0 Å². The molecule has 0 saturated carbocycles. The van der Waals surface area contributed by atoms with E-state index < -0.39 is 5.79 Å². The number of hydrogen-bond acceptors (Lipinski definition) is 4. The van der Waals surface area contributed by atoms with Gasteiger partial charge in [-0.15, -0.1) is 0 Å². The Morgan fingerprint density at radius 3 is 3.29 bits per heavy atom. The summed E-state index contributed by atoms with van der Waals surface area (Å²) in [6.07, 6.45) is 5.40. The summed E-state index contributed by atoms with van der Waals surface area (Å²) in [7, 11) is 0. The van der Waals surface area contributed by atoms with Gasteiger partial charge < -0.3 is 9.84 Å². The molecule has 1 unspecified atom stereocenters. The highest BCUT2D eigenvalue weighted by Gasteiger charge is 2.36. The van der Waals surface area contributed by atoms with Crippen molar-refractivity contribution in [3.63, 3.8) is 0 Å². The van der Waals surface area contributed by atoms with E-state index in [1.54, 1.807) is 18.5 Å². The van der Waals surface area contributed by atoms with Gasteiger partial charge in [-0.2, -0.15) is 0 Å². The van der Waals surface area contributed by atoms with E-state index in [1.165, 1.54) is 0 Å². The number of carbonyl (C=O) groups is 1. The minimum atomic E-state index is -1.45. The van der Waals surface area contributed by atoms with Crippen molar-refractivity contribution >= 4 is 6.47 Å². The molecule has 0 amide bonds. The first-order chi connectivity index (χ1) is 6.76. The fraction of sp³-hybridized carbons (Fsp3) is 0.400. The number of fused-ring (bicyclic) bond motifs is 1. The second-order valence-electron chi connectivity index (χ2n) is 3.38. The molecule has 1 aliphatic rings. The normalized spacial score (nSPS) is 25.2. The first-order valence-electron chi connectivity index (χ1n) is 4.53. The van der Waals surface area contributed by atoms with E-state index in [9.17, 15) is 9.90 Å². The molecule has 0 spiro atoms. The lowest BCUT2D eigenvalue weighted by molar-refractivity contribution is -0.208. The smallest absolute Gasteiger partial charge is 0.295 e. The van der Waals surface area contributed by atoms with Crippen molar-refractivity contribution in [2.75, 3.05) is 0 Å². The van der Waals surface area contributed by atoms with Gasteiger partial charge in [0, 0.05) is 24.4 Å². The maximum absolute atomic E-state index is 10.3. The van der Waals surface area contributed by atoms with E-state index in [0.717, 1.165) is 18.4 Å². The largest absolute Gasteiger partial charge is 0.431 e. The molecule has 1 atom stereocenters. The van der Waals surface area contributed by atoms with E-state index in [0.29, 0.717) is 12.0 Å².